The van der Waals surface area contributed by atoms with Crippen LogP contribution in [0.3, 0.4) is 0 Å². The molecule has 0 bridgehead atoms. The molecule has 3 nitrogen and oxygen atoms in total. The summed E-state index contributed by atoms with van der Waals surface area (Å²) in [7, 11) is 0. The van der Waals surface area contributed by atoms with Gasteiger partial charge in [0, 0.05) is 17.6 Å². The molecule has 1 heterocycles. The van der Waals surface area contributed by atoms with E-state index in [1.807, 2.05) is 20.0 Å². The van der Waals surface area contributed by atoms with Crippen LogP contribution in [0.25, 0.3) is 0 Å². The Morgan fingerprint density at radius 1 is 1.53 bits per heavy atom. The van der Waals surface area contributed by atoms with Gasteiger partial charge in [-0.15, -0.1) is 11.3 Å². The summed E-state index contributed by atoms with van der Waals surface area (Å²) in [6.45, 7) is 4.46. The van der Waals surface area contributed by atoms with Gasteiger partial charge in [0.05, 0.1) is 17.7 Å². The maximum Gasteiger partial charge on any atom is 0.123 e. The number of aryl methyl sites for hydroxylation is 1. The van der Waals surface area contributed by atoms with Gasteiger partial charge in [-0.05, 0) is 37.6 Å². The number of aromatic nitrogens is 1. The first kappa shape index (κ1) is 13.7. The first-order valence-corrected chi connectivity index (χ1v) is 6.76. The SMILES string of the molecule is Cc1cnc(C(C)NCc2cc(F)ccc2C#N)s1. The Labute approximate surface area is 115 Å². The summed E-state index contributed by atoms with van der Waals surface area (Å²) in [5, 5.41) is 13.2. The van der Waals surface area contributed by atoms with Crippen molar-refractivity contribution in [3.63, 3.8) is 0 Å². The van der Waals surface area contributed by atoms with Crippen molar-refractivity contribution in [3.8, 4) is 6.07 Å². The number of hydrogen-bond acceptors (Lipinski definition) is 4. The average Bonchev–Trinajstić information content (AvgIpc) is 2.83. The molecule has 0 amide bonds. The van der Waals surface area contributed by atoms with Gasteiger partial charge < -0.3 is 5.32 Å². The molecule has 1 aromatic carbocycles. The molecule has 19 heavy (non-hydrogen) atoms. The Morgan fingerprint density at radius 3 is 2.95 bits per heavy atom. The molecule has 1 unspecified atom stereocenters. The molecule has 0 fully saturated rings. The van der Waals surface area contributed by atoms with Crippen molar-refractivity contribution in [1.82, 2.24) is 10.3 Å². The molecule has 0 spiro atoms. The molecule has 0 aliphatic carbocycles. The van der Waals surface area contributed by atoms with Gasteiger partial charge in [-0.25, -0.2) is 9.37 Å². The Bertz CT molecular complexity index is 615. The van der Waals surface area contributed by atoms with E-state index < -0.39 is 0 Å². The van der Waals surface area contributed by atoms with Crippen LogP contribution >= 0.6 is 11.3 Å². The highest BCUT2D eigenvalue weighted by Crippen LogP contribution is 2.20. The van der Waals surface area contributed by atoms with Crippen LogP contribution in [-0.4, -0.2) is 4.98 Å². The van der Waals surface area contributed by atoms with Gasteiger partial charge in [0.2, 0.25) is 0 Å². The molecule has 1 aromatic heterocycles. The van der Waals surface area contributed by atoms with E-state index in [0.29, 0.717) is 17.7 Å². The van der Waals surface area contributed by atoms with Crippen LogP contribution in [0.2, 0.25) is 0 Å². The Balaban J connectivity index is 2.06. The van der Waals surface area contributed by atoms with Gasteiger partial charge in [0.15, 0.2) is 0 Å². The standard InChI is InChI=1S/C14H14FN3S/c1-9-7-18-14(19-9)10(2)17-8-12-5-13(15)4-3-11(12)6-16/h3-5,7,10,17H,8H2,1-2H3. The average molecular weight is 275 g/mol. The molecule has 98 valence electrons. The second kappa shape index (κ2) is 5.91. The third-order valence-corrected chi connectivity index (χ3v) is 3.89. The van der Waals surface area contributed by atoms with Gasteiger partial charge in [0.25, 0.3) is 0 Å². The van der Waals surface area contributed by atoms with Gasteiger partial charge in [0.1, 0.15) is 10.8 Å². The summed E-state index contributed by atoms with van der Waals surface area (Å²) >= 11 is 1.63. The molecule has 1 atom stereocenters. The lowest BCUT2D eigenvalue weighted by Gasteiger charge is -2.12. The summed E-state index contributed by atoms with van der Waals surface area (Å²) in [5.74, 6) is -0.325. The largest absolute Gasteiger partial charge is 0.304 e. The van der Waals surface area contributed by atoms with Crippen LogP contribution in [0.1, 0.15) is 34.0 Å². The van der Waals surface area contributed by atoms with E-state index in [2.05, 4.69) is 16.4 Å². The van der Waals surface area contributed by atoms with Crippen molar-refractivity contribution >= 4 is 11.3 Å². The molecule has 0 radical (unpaired) electrons. The lowest BCUT2D eigenvalue weighted by Crippen LogP contribution is -2.18. The smallest absolute Gasteiger partial charge is 0.123 e. The molecule has 2 rings (SSSR count). The van der Waals surface area contributed by atoms with E-state index >= 15 is 0 Å². The quantitative estimate of drug-likeness (QED) is 0.931. The zero-order valence-corrected chi connectivity index (χ0v) is 11.6. The fourth-order valence-corrected chi connectivity index (χ4v) is 2.54. The van der Waals surface area contributed by atoms with E-state index in [1.54, 1.807) is 11.3 Å². The molecule has 1 N–H and O–H groups in total. The number of rotatable bonds is 4. The minimum Gasteiger partial charge on any atom is -0.304 e. The molecular weight excluding hydrogens is 261 g/mol. The predicted octanol–water partition coefficient (Wildman–Crippen LogP) is 3.31. The molecule has 0 aliphatic heterocycles. The van der Waals surface area contributed by atoms with Crippen molar-refractivity contribution in [2.24, 2.45) is 0 Å². The zero-order valence-electron chi connectivity index (χ0n) is 10.8. The van der Waals surface area contributed by atoms with Gasteiger partial charge in [-0.2, -0.15) is 5.26 Å². The number of nitriles is 1. The van der Waals surface area contributed by atoms with Crippen LogP contribution in [0.4, 0.5) is 4.39 Å². The summed E-state index contributed by atoms with van der Waals surface area (Å²) < 4.78 is 13.2. The highest BCUT2D eigenvalue weighted by molar-refractivity contribution is 7.11. The lowest BCUT2D eigenvalue weighted by molar-refractivity contribution is 0.566. The third kappa shape index (κ3) is 3.37. The minimum atomic E-state index is -0.325. The number of nitrogens with zero attached hydrogens (tertiary/aromatic N) is 2. The van der Waals surface area contributed by atoms with Crippen LogP contribution in [0.5, 0.6) is 0 Å². The number of hydrogen-bond donors (Lipinski definition) is 1. The lowest BCUT2D eigenvalue weighted by atomic mass is 10.1. The van der Waals surface area contributed by atoms with E-state index in [9.17, 15) is 4.39 Å². The third-order valence-electron chi connectivity index (χ3n) is 2.80. The van der Waals surface area contributed by atoms with Crippen molar-refractivity contribution < 1.29 is 4.39 Å². The monoisotopic (exact) mass is 275 g/mol. The van der Waals surface area contributed by atoms with Gasteiger partial charge >= 0.3 is 0 Å². The van der Waals surface area contributed by atoms with E-state index in [4.69, 9.17) is 5.26 Å². The Hall–Kier alpha value is -1.77. The predicted molar refractivity (Wildman–Crippen MR) is 73.2 cm³/mol. The molecule has 0 saturated heterocycles. The number of nitrogens with one attached hydrogen (secondary N) is 1. The van der Waals surface area contributed by atoms with Crippen LogP contribution < -0.4 is 5.32 Å². The molecule has 0 aliphatic rings. The molecule has 2 aromatic rings. The summed E-state index contributed by atoms with van der Waals surface area (Å²) in [4.78, 5) is 5.46. The molecular formula is C14H14FN3S. The first-order chi connectivity index (χ1) is 9.10. The summed E-state index contributed by atoms with van der Waals surface area (Å²) in [5.41, 5.74) is 1.17. The van der Waals surface area contributed by atoms with Crippen molar-refractivity contribution in [2.45, 2.75) is 26.4 Å². The number of benzene rings is 1. The number of halogens is 1. The Kier molecular flexibility index (Phi) is 4.25. The van der Waals surface area contributed by atoms with Gasteiger partial charge in [-0.3, -0.25) is 0 Å². The van der Waals surface area contributed by atoms with Crippen LogP contribution in [0.15, 0.2) is 24.4 Å². The normalized spacial score (nSPS) is 12.1. The maximum absolute atomic E-state index is 13.2. The second-order valence-corrected chi connectivity index (χ2v) is 5.59. The number of thiazole rings is 1. The fraction of sp³-hybridized carbons (Fsp3) is 0.286. The highest BCUT2D eigenvalue weighted by atomic mass is 32.1. The van der Waals surface area contributed by atoms with Crippen LogP contribution in [-0.2, 0) is 6.54 Å². The molecule has 5 heteroatoms. The zero-order chi connectivity index (χ0) is 13.8. The van der Waals surface area contributed by atoms with Crippen molar-refractivity contribution in [3.05, 3.63) is 51.2 Å². The van der Waals surface area contributed by atoms with E-state index in [-0.39, 0.29) is 11.9 Å². The summed E-state index contributed by atoms with van der Waals surface area (Å²) in [6, 6.07) is 6.35. The topological polar surface area (TPSA) is 48.7 Å². The first-order valence-electron chi connectivity index (χ1n) is 5.94. The van der Waals surface area contributed by atoms with Crippen LogP contribution in [0, 0.1) is 24.1 Å². The molecule has 0 saturated carbocycles. The van der Waals surface area contributed by atoms with Crippen molar-refractivity contribution in [1.29, 1.82) is 5.26 Å². The van der Waals surface area contributed by atoms with E-state index in [1.165, 1.54) is 18.2 Å². The highest BCUT2D eigenvalue weighted by Gasteiger charge is 2.10. The maximum atomic E-state index is 13.2. The minimum absolute atomic E-state index is 0.0773. The summed E-state index contributed by atoms with van der Waals surface area (Å²) in [6.07, 6.45) is 1.83. The van der Waals surface area contributed by atoms with Crippen molar-refractivity contribution in [2.75, 3.05) is 0 Å². The second-order valence-electron chi connectivity index (χ2n) is 4.33. The van der Waals surface area contributed by atoms with Gasteiger partial charge in [-0.1, -0.05) is 0 Å². The fourth-order valence-electron chi connectivity index (χ4n) is 1.74. The van der Waals surface area contributed by atoms with E-state index in [0.717, 1.165) is 9.88 Å². The Morgan fingerprint density at radius 2 is 2.32 bits per heavy atom.